The molecule has 0 heterocycles. The van der Waals surface area contributed by atoms with E-state index in [4.69, 9.17) is 5.73 Å². The van der Waals surface area contributed by atoms with Crippen molar-refractivity contribution in [2.45, 2.75) is 12.8 Å². The molecule has 0 unspecified atom stereocenters. The molecule has 19 heavy (non-hydrogen) atoms. The van der Waals surface area contributed by atoms with E-state index < -0.39 is 0 Å². The van der Waals surface area contributed by atoms with Gasteiger partial charge in [-0.3, -0.25) is 4.79 Å². The van der Waals surface area contributed by atoms with Crippen LogP contribution in [0.25, 0.3) is 0 Å². The summed E-state index contributed by atoms with van der Waals surface area (Å²) in [6.45, 7) is 0.631. The quantitative estimate of drug-likeness (QED) is 0.859. The topological polar surface area (TPSA) is 43.1 Å². The lowest BCUT2D eigenvalue weighted by Crippen LogP contribution is -2.05. The van der Waals surface area contributed by atoms with Crippen LogP contribution in [-0.2, 0) is 12.8 Å². The molecule has 0 bridgehead atoms. The molecule has 2 N–H and O–H groups in total. The Kier molecular flexibility index (Phi) is 4.88. The van der Waals surface area contributed by atoms with Crippen LogP contribution in [0.3, 0.4) is 0 Å². The highest BCUT2D eigenvalue weighted by atomic mass is 79.9. The number of benzene rings is 2. The molecule has 0 amide bonds. The maximum atomic E-state index is 12.1. The SMILES string of the molecule is NCCc1ccc(C(=O)Cc2ccc(Br)cc2)cc1. The molecule has 98 valence electrons. The van der Waals surface area contributed by atoms with E-state index in [0.29, 0.717) is 13.0 Å². The summed E-state index contributed by atoms with van der Waals surface area (Å²) in [5.41, 5.74) is 8.45. The van der Waals surface area contributed by atoms with Gasteiger partial charge in [-0.05, 0) is 36.2 Å². The number of halogens is 1. The van der Waals surface area contributed by atoms with Crippen molar-refractivity contribution in [3.63, 3.8) is 0 Å². The fourth-order valence-electron chi connectivity index (χ4n) is 1.91. The number of nitrogens with two attached hydrogens (primary N) is 1. The van der Waals surface area contributed by atoms with Gasteiger partial charge < -0.3 is 5.73 Å². The summed E-state index contributed by atoms with van der Waals surface area (Å²) in [4.78, 5) is 12.1. The summed E-state index contributed by atoms with van der Waals surface area (Å²) < 4.78 is 1.02. The Bertz CT molecular complexity index is 546. The summed E-state index contributed by atoms with van der Waals surface area (Å²) >= 11 is 3.38. The predicted molar refractivity (Wildman–Crippen MR) is 81.4 cm³/mol. The third kappa shape index (κ3) is 4.01. The first-order chi connectivity index (χ1) is 9.19. The molecule has 0 aromatic heterocycles. The van der Waals surface area contributed by atoms with Crippen molar-refractivity contribution in [1.82, 2.24) is 0 Å². The Balaban J connectivity index is 2.05. The van der Waals surface area contributed by atoms with Gasteiger partial charge in [0.25, 0.3) is 0 Å². The van der Waals surface area contributed by atoms with Crippen LogP contribution in [-0.4, -0.2) is 12.3 Å². The lowest BCUT2D eigenvalue weighted by atomic mass is 10.0. The third-order valence-corrected chi connectivity index (χ3v) is 3.52. The largest absolute Gasteiger partial charge is 0.330 e. The molecule has 3 heteroatoms. The van der Waals surface area contributed by atoms with Crippen molar-refractivity contribution >= 4 is 21.7 Å². The van der Waals surface area contributed by atoms with Crippen molar-refractivity contribution in [1.29, 1.82) is 0 Å². The molecular weight excluding hydrogens is 302 g/mol. The molecule has 2 aromatic rings. The highest BCUT2D eigenvalue weighted by Crippen LogP contribution is 2.13. The van der Waals surface area contributed by atoms with Crippen molar-refractivity contribution in [3.05, 3.63) is 69.7 Å². The summed E-state index contributed by atoms with van der Waals surface area (Å²) in [7, 11) is 0. The van der Waals surface area contributed by atoms with E-state index in [-0.39, 0.29) is 5.78 Å². The molecule has 0 aliphatic heterocycles. The molecule has 0 fully saturated rings. The number of carbonyl (C=O) groups is 1. The van der Waals surface area contributed by atoms with E-state index >= 15 is 0 Å². The van der Waals surface area contributed by atoms with Crippen molar-refractivity contribution in [3.8, 4) is 0 Å². The Morgan fingerprint density at radius 1 is 0.947 bits per heavy atom. The molecule has 0 saturated heterocycles. The van der Waals surface area contributed by atoms with Crippen LogP contribution >= 0.6 is 15.9 Å². The van der Waals surface area contributed by atoms with Crippen LogP contribution in [0.2, 0.25) is 0 Å². The van der Waals surface area contributed by atoms with Crippen LogP contribution in [0.15, 0.2) is 53.0 Å². The van der Waals surface area contributed by atoms with Gasteiger partial charge in [0.05, 0.1) is 0 Å². The second-order valence-electron chi connectivity index (χ2n) is 4.46. The Morgan fingerprint density at radius 3 is 2.11 bits per heavy atom. The Morgan fingerprint density at radius 2 is 1.53 bits per heavy atom. The van der Waals surface area contributed by atoms with E-state index in [0.717, 1.165) is 22.0 Å². The van der Waals surface area contributed by atoms with Gasteiger partial charge in [0.1, 0.15) is 0 Å². The number of hydrogen-bond donors (Lipinski definition) is 1. The van der Waals surface area contributed by atoms with E-state index in [2.05, 4.69) is 15.9 Å². The second-order valence-corrected chi connectivity index (χ2v) is 5.38. The Hall–Kier alpha value is -1.45. The van der Waals surface area contributed by atoms with Crippen molar-refractivity contribution < 1.29 is 4.79 Å². The van der Waals surface area contributed by atoms with E-state index in [1.54, 1.807) is 0 Å². The molecule has 0 saturated carbocycles. The minimum atomic E-state index is 0.140. The van der Waals surface area contributed by atoms with Crippen LogP contribution in [0, 0.1) is 0 Å². The molecule has 0 radical (unpaired) electrons. The molecule has 2 rings (SSSR count). The zero-order valence-corrected chi connectivity index (χ0v) is 12.2. The highest BCUT2D eigenvalue weighted by Gasteiger charge is 2.07. The number of Topliss-reactive ketones (excluding diaryl/α,β-unsaturated/α-hetero) is 1. The first kappa shape index (κ1) is 14.0. The minimum Gasteiger partial charge on any atom is -0.330 e. The molecular formula is C16H16BrNO. The van der Waals surface area contributed by atoms with Gasteiger partial charge in [-0.1, -0.05) is 52.3 Å². The lowest BCUT2D eigenvalue weighted by Gasteiger charge is -2.04. The molecule has 0 aliphatic carbocycles. The van der Waals surface area contributed by atoms with Gasteiger partial charge in [-0.15, -0.1) is 0 Å². The van der Waals surface area contributed by atoms with Gasteiger partial charge >= 0.3 is 0 Å². The fourth-order valence-corrected chi connectivity index (χ4v) is 2.18. The van der Waals surface area contributed by atoms with Gasteiger partial charge in [0.2, 0.25) is 0 Å². The average Bonchev–Trinajstić information content (AvgIpc) is 2.42. The lowest BCUT2D eigenvalue weighted by molar-refractivity contribution is 0.0993. The normalized spacial score (nSPS) is 10.4. The first-order valence-electron chi connectivity index (χ1n) is 6.25. The van der Waals surface area contributed by atoms with Crippen molar-refractivity contribution in [2.24, 2.45) is 5.73 Å². The van der Waals surface area contributed by atoms with Crippen LogP contribution < -0.4 is 5.73 Å². The number of rotatable bonds is 5. The molecule has 0 aliphatic rings. The van der Waals surface area contributed by atoms with E-state index in [1.807, 2.05) is 48.5 Å². The standard InChI is InChI=1S/C16H16BrNO/c17-15-7-3-13(4-8-15)11-16(19)14-5-1-12(2-6-14)9-10-18/h1-8H,9-11,18H2. The molecule has 2 aromatic carbocycles. The molecule has 0 atom stereocenters. The summed E-state index contributed by atoms with van der Waals surface area (Å²) in [5.74, 6) is 0.140. The highest BCUT2D eigenvalue weighted by molar-refractivity contribution is 9.10. The van der Waals surface area contributed by atoms with Crippen molar-refractivity contribution in [2.75, 3.05) is 6.54 Å². The van der Waals surface area contributed by atoms with Gasteiger partial charge in [0, 0.05) is 16.5 Å². The maximum absolute atomic E-state index is 12.1. The Labute approximate surface area is 121 Å². The third-order valence-electron chi connectivity index (χ3n) is 2.99. The summed E-state index contributed by atoms with van der Waals surface area (Å²) in [6.07, 6.45) is 1.28. The number of hydrogen-bond acceptors (Lipinski definition) is 2. The number of ketones is 1. The van der Waals surface area contributed by atoms with E-state index in [1.165, 1.54) is 5.56 Å². The maximum Gasteiger partial charge on any atom is 0.167 e. The van der Waals surface area contributed by atoms with Crippen LogP contribution in [0.1, 0.15) is 21.5 Å². The predicted octanol–water partition coefficient (Wildman–Crippen LogP) is 3.38. The smallest absolute Gasteiger partial charge is 0.167 e. The molecule has 2 nitrogen and oxygen atoms in total. The molecule has 0 spiro atoms. The summed E-state index contributed by atoms with van der Waals surface area (Å²) in [6, 6.07) is 15.5. The summed E-state index contributed by atoms with van der Waals surface area (Å²) in [5, 5.41) is 0. The zero-order chi connectivity index (χ0) is 13.7. The van der Waals surface area contributed by atoms with Crippen LogP contribution in [0.4, 0.5) is 0 Å². The van der Waals surface area contributed by atoms with Crippen LogP contribution in [0.5, 0.6) is 0 Å². The fraction of sp³-hybridized carbons (Fsp3) is 0.188. The van der Waals surface area contributed by atoms with E-state index in [9.17, 15) is 4.79 Å². The first-order valence-corrected chi connectivity index (χ1v) is 7.05. The number of carbonyl (C=O) groups excluding carboxylic acids is 1. The average molecular weight is 318 g/mol. The van der Waals surface area contributed by atoms with Gasteiger partial charge in [-0.2, -0.15) is 0 Å². The monoisotopic (exact) mass is 317 g/mol. The zero-order valence-electron chi connectivity index (χ0n) is 10.6. The van der Waals surface area contributed by atoms with Gasteiger partial charge in [0.15, 0.2) is 5.78 Å². The second kappa shape index (κ2) is 6.64. The van der Waals surface area contributed by atoms with Gasteiger partial charge in [-0.25, -0.2) is 0 Å². The minimum absolute atomic E-state index is 0.140.